The number of carboxylic acids is 1. The number of amides is 2. The minimum atomic E-state index is -1.63. The molecule has 0 aliphatic rings. The predicted octanol–water partition coefficient (Wildman–Crippen LogP) is 2.48. The fourth-order valence-corrected chi connectivity index (χ4v) is 1.49. The quantitative estimate of drug-likeness (QED) is 0.729. The van der Waals surface area contributed by atoms with Crippen molar-refractivity contribution >= 4 is 17.7 Å². The fourth-order valence-electron chi connectivity index (χ4n) is 1.49. The molecule has 0 aliphatic carbocycles. The average molecular weight is 290 g/mol. The summed E-state index contributed by atoms with van der Waals surface area (Å²) in [6.07, 6.45) is 0.0852. The number of hydrogen-bond donors (Lipinski definition) is 3. The molecule has 0 saturated heterocycles. The third-order valence-electron chi connectivity index (χ3n) is 2.49. The Morgan fingerprint density at radius 2 is 1.80 bits per heavy atom. The van der Waals surface area contributed by atoms with Crippen LogP contribution in [-0.2, 0) is 4.79 Å². The van der Waals surface area contributed by atoms with E-state index >= 15 is 0 Å². The number of carboxylic acid groups (broad SMARTS) is 1. The highest BCUT2D eigenvalue weighted by Gasteiger charge is 2.16. The second-order valence-corrected chi connectivity index (χ2v) is 4.06. The van der Waals surface area contributed by atoms with Crippen LogP contribution in [0.25, 0.3) is 0 Å². The van der Waals surface area contributed by atoms with Crippen molar-refractivity contribution in [3.8, 4) is 0 Å². The van der Waals surface area contributed by atoms with Crippen LogP contribution in [0.1, 0.15) is 19.8 Å². The summed E-state index contributed by atoms with van der Waals surface area (Å²) in [5.74, 6) is -5.58. The van der Waals surface area contributed by atoms with Crippen LogP contribution in [-0.4, -0.2) is 23.1 Å². The number of aliphatic carboxylic acids is 1. The lowest BCUT2D eigenvalue weighted by Crippen LogP contribution is -2.38. The van der Waals surface area contributed by atoms with Gasteiger partial charge in [0.1, 0.15) is 0 Å². The van der Waals surface area contributed by atoms with Gasteiger partial charge in [-0.15, -0.1) is 0 Å². The van der Waals surface area contributed by atoms with E-state index in [9.17, 15) is 22.8 Å². The monoisotopic (exact) mass is 290 g/mol. The van der Waals surface area contributed by atoms with Crippen molar-refractivity contribution in [2.45, 2.75) is 25.8 Å². The second kappa shape index (κ2) is 6.78. The Hall–Kier alpha value is -2.25. The molecule has 1 atom stereocenters. The number of urea groups is 1. The normalized spacial score (nSPS) is 11.8. The van der Waals surface area contributed by atoms with Gasteiger partial charge >= 0.3 is 12.0 Å². The van der Waals surface area contributed by atoms with E-state index in [-0.39, 0.29) is 12.1 Å². The van der Waals surface area contributed by atoms with Crippen molar-refractivity contribution in [2.24, 2.45) is 0 Å². The molecule has 110 valence electrons. The van der Waals surface area contributed by atoms with Crippen LogP contribution in [0.15, 0.2) is 12.1 Å². The van der Waals surface area contributed by atoms with E-state index in [0.717, 1.165) is 0 Å². The molecule has 0 saturated carbocycles. The Labute approximate surface area is 112 Å². The number of hydrogen-bond acceptors (Lipinski definition) is 2. The zero-order valence-corrected chi connectivity index (χ0v) is 10.5. The molecule has 1 unspecified atom stereocenters. The molecule has 3 N–H and O–H groups in total. The highest BCUT2D eigenvalue weighted by Crippen LogP contribution is 2.17. The van der Waals surface area contributed by atoms with Gasteiger partial charge in [-0.2, -0.15) is 0 Å². The number of nitrogens with one attached hydrogen (secondary N) is 2. The number of anilines is 1. The Morgan fingerprint density at radius 1 is 1.25 bits per heavy atom. The maximum Gasteiger partial charge on any atom is 0.319 e. The lowest BCUT2D eigenvalue weighted by molar-refractivity contribution is -0.137. The first-order chi connectivity index (χ1) is 9.33. The van der Waals surface area contributed by atoms with Crippen LogP contribution in [0.2, 0.25) is 0 Å². The summed E-state index contributed by atoms with van der Waals surface area (Å²) < 4.78 is 38.6. The summed E-state index contributed by atoms with van der Waals surface area (Å²) >= 11 is 0. The summed E-state index contributed by atoms with van der Waals surface area (Å²) in [6.45, 7) is 1.67. The molecule has 2 amide bonds. The molecule has 5 nitrogen and oxygen atoms in total. The number of carbonyl (C=O) groups is 2. The van der Waals surface area contributed by atoms with Crippen LogP contribution in [0, 0.1) is 17.5 Å². The molecule has 1 aromatic rings. The van der Waals surface area contributed by atoms with Gasteiger partial charge in [0.25, 0.3) is 0 Å². The lowest BCUT2D eigenvalue weighted by atomic mass is 10.1. The van der Waals surface area contributed by atoms with E-state index in [2.05, 4.69) is 10.6 Å². The first-order valence-corrected chi connectivity index (χ1v) is 5.77. The number of carbonyl (C=O) groups excluding carboxylic acids is 1. The molecule has 1 aromatic carbocycles. The molecule has 0 heterocycles. The van der Waals surface area contributed by atoms with E-state index in [1.54, 1.807) is 6.92 Å². The van der Waals surface area contributed by atoms with Gasteiger partial charge in [0.2, 0.25) is 0 Å². The second-order valence-electron chi connectivity index (χ2n) is 4.06. The van der Waals surface area contributed by atoms with Gasteiger partial charge in [-0.05, 0) is 6.42 Å². The molecular weight excluding hydrogens is 277 g/mol. The first-order valence-electron chi connectivity index (χ1n) is 5.77. The molecular formula is C12H13F3N2O3. The maximum absolute atomic E-state index is 12.9. The van der Waals surface area contributed by atoms with Gasteiger partial charge in [0.15, 0.2) is 17.5 Å². The summed E-state index contributed by atoms with van der Waals surface area (Å²) in [5, 5.41) is 13.0. The molecule has 20 heavy (non-hydrogen) atoms. The number of rotatable bonds is 5. The minimum Gasteiger partial charge on any atom is -0.481 e. The summed E-state index contributed by atoms with van der Waals surface area (Å²) in [5.41, 5.74) is -0.274. The van der Waals surface area contributed by atoms with E-state index in [4.69, 9.17) is 5.11 Å². The smallest absolute Gasteiger partial charge is 0.319 e. The van der Waals surface area contributed by atoms with Gasteiger partial charge in [0.05, 0.1) is 6.42 Å². The third-order valence-corrected chi connectivity index (χ3v) is 2.49. The van der Waals surface area contributed by atoms with Crippen molar-refractivity contribution in [1.82, 2.24) is 5.32 Å². The molecule has 0 fully saturated rings. The highest BCUT2D eigenvalue weighted by atomic mass is 19.2. The highest BCUT2D eigenvalue weighted by molar-refractivity contribution is 5.89. The molecule has 1 rings (SSSR count). The fraction of sp³-hybridized carbons (Fsp3) is 0.333. The number of benzene rings is 1. The van der Waals surface area contributed by atoms with Crippen molar-refractivity contribution in [1.29, 1.82) is 0 Å². The summed E-state index contributed by atoms with van der Waals surface area (Å²) in [4.78, 5) is 22.0. The molecule has 0 radical (unpaired) electrons. The summed E-state index contributed by atoms with van der Waals surface area (Å²) in [6, 6.07) is -0.210. The Balaban J connectivity index is 2.68. The predicted molar refractivity (Wildman–Crippen MR) is 64.8 cm³/mol. The Morgan fingerprint density at radius 3 is 2.25 bits per heavy atom. The van der Waals surface area contributed by atoms with Crippen molar-refractivity contribution in [3.63, 3.8) is 0 Å². The summed E-state index contributed by atoms with van der Waals surface area (Å²) in [7, 11) is 0. The Kier molecular flexibility index (Phi) is 5.36. The van der Waals surface area contributed by atoms with Crippen LogP contribution < -0.4 is 10.6 Å². The lowest BCUT2D eigenvalue weighted by Gasteiger charge is -2.15. The molecule has 0 spiro atoms. The van der Waals surface area contributed by atoms with Crippen LogP contribution in [0.5, 0.6) is 0 Å². The molecule has 0 aliphatic heterocycles. The van der Waals surface area contributed by atoms with Crippen molar-refractivity contribution in [2.75, 3.05) is 5.32 Å². The Bertz CT molecular complexity index is 500. The standard InChI is InChI=1S/C12H13F3N2O3/c1-2-6(5-10(18)19)16-12(20)17-7-3-8(13)11(15)9(14)4-7/h3-4,6H,2,5H2,1H3,(H,18,19)(H2,16,17,20). The van der Waals surface area contributed by atoms with E-state index in [1.165, 1.54) is 0 Å². The first kappa shape index (κ1) is 15.8. The van der Waals surface area contributed by atoms with Gasteiger partial charge in [-0.1, -0.05) is 6.92 Å². The largest absolute Gasteiger partial charge is 0.481 e. The molecule has 0 aromatic heterocycles. The van der Waals surface area contributed by atoms with Crippen LogP contribution >= 0.6 is 0 Å². The number of halogens is 3. The SMILES string of the molecule is CCC(CC(=O)O)NC(=O)Nc1cc(F)c(F)c(F)c1. The zero-order chi connectivity index (χ0) is 15.3. The van der Waals surface area contributed by atoms with Gasteiger partial charge in [0, 0.05) is 23.9 Å². The van der Waals surface area contributed by atoms with E-state index in [0.29, 0.717) is 18.6 Å². The van der Waals surface area contributed by atoms with Crippen molar-refractivity contribution < 1.29 is 27.9 Å². The van der Waals surface area contributed by atoms with Gasteiger partial charge in [-0.3, -0.25) is 4.79 Å². The van der Waals surface area contributed by atoms with Crippen LogP contribution in [0.3, 0.4) is 0 Å². The van der Waals surface area contributed by atoms with E-state index < -0.39 is 35.5 Å². The maximum atomic E-state index is 12.9. The molecule has 0 bridgehead atoms. The minimum absolute atomic E-state index is 0.274. The van der Waals surface area contributed by atoms with Gasteiger partial charge < -0.3 is 15.7 Å². The third kappa shape index (κ3) is 4.45. The van der Waals surface area contributed by atoms with E-state index in [1.807, 2.05) is 0 Å². The molecule has 8 heteroatoms. The van der Waals surface area contributed by atoms with Crippen LogP contribution in [0.4, 0.5) is 23.7 Å². The van der Waals surface area contributed by atoms with Gasteiger partial charge in [-0.25, -0.2) is 18.0 Å². The topological polar surface area (TPSA) is 78.4 Å². The zero-order valence-electron chi connectivity index (χ0n) is 10.5. The van der Waals surface area contributed by atoms with Crippen molar-refractivity contribution in [3.05, 3.63) is 29.6 Å². The average Bonchev–Trinajstić information content (AvgIpc) is 2.34.